The summed E-state index contributed by atoms with van der Waals surface area (Å²) in [6.45, 7) is 2.24. The summed E-state index contributed by atoms with van der Waals surface area (Å²) < 4.78 is 1.44. The van der Waals surface area contributed by atoms with Gasteiger partial charge in [0.05, 0.1) is 0 Å². The van der Waals surface area contributed by atoms with Crippen LogP contribution in [-0.4, -0.2) is 22.5 Å². The molecule has 0 nitrogen and oxygen atoms in total. The molecule has 0 heterocycles. The monoisotopic (exact) mass is 191 g/mol. The van der Waals surface area contributed by atoms with Gasteiger partial charge in [-0.2, -0.15) is 0 Å². The van der Waals surface area contributed by atoms with E-state index in [4.69, 9.17) is 0 Å². The van der Waals surface area contributed by atoms with Crippen molar-refractivity contribution in [3.63, 3.8) is 0 Å². The first-order valence-corrected chi connectivity index (χ1v) is 4.58. The minimum atomic E-state index is 1.37. The Morgan fingerprint density at radius 3 is 2.17 bits per heavy atom. The summed E-state index contributed by atoms with van der Waals surface area (Å²) in [4.78, 5) is 0. The molecule has 0 atom stereocenters. The summed E-state index contributed by atoms with van der Waals surface area (Å²) >= 11 is 1.69. The molecule has 0 saturated heterocycles. The van der Waals surface area contributed by atoms with Gasteiger partial charge in [0.1, 0.15) is 0 Å². The van der Waals surface area contributed by atoms with Crippen molar-refractivity contribution in [1.29, 1.82) is 0 Å². The van der Waals surface area contributed by atoms with Crippen molar-refractivity contribution in [2.45, 2.75) is 30.6 Å². The van der Waals surface area contributed by atoms with Crippen molar-refractivity contribution < 1.29 is 0 Å². The second-order valence-corrected chi connectivity index (χ2v) is 2.88. The third-order valence-corrected chi connectivity index (χ3v) is 1.79. The van der Waals surface area contributed by atoms with Gasteiger partial charge in [0.15, 0.2) is 0 Å². The van der Waals surface area contributed by atoms with E-state index in [1.807, 2.05) is 0 Å². The molecule has 0 aliphatic carbocycles. The van der Waals surface area contributed by atoms with Gasteiger partial charge in [0.25, 0.3) is 0 Å². The fourth-order valence-electron chi connectivity index (χ4n) is 0.375. The van der Waals surface area contributed by atoms with Crippen LogP contribution in [0.3, 0.4) is 0 Å². The molecule has 0 N–H and O–H groups in total. The molecule has 0 aromatic rings. The Kier molecular flexibility index (Phi) is 6.57. The summed E-state index contributed by atoms with van der Waals surface area (Å²) in [6, 6.07) is 0. The summed E-state index contributed by atoms with van der Waals surface area (Å²) in [7, 11) is 0. The maximum atomic E-state index is 2.24. The van der Waals surface area contributed by atoms with Crippen molar-refractivity contribution in [3.05, 3.63) is 0 Å². The van der Waals surface area contributed by atoms with Crippen molar-refractivity contribution in [1.82, 2.24) is 0 Å². The van der Waals surface area contributed by atoms with Gasteiger partial charge in [0, 0.05) is 0 Å². The Morgan fingerprint density at radius 2 is 2.00 bits per heavy atom. The molecule has 0 rings (SSSR count). The molecule has 0 amide bonds. The molecule has 1 heteroatoms. The number of unbranched alkanes of at least 4 members (excludes halogenated alkanes) is 2. The Morgan fingerprint density at radius 1 is 1.33 bits per heavy atom. The third-order valence-electron chi connectivity index (χ3n) is 0.780. The van der Waals surface area contributed by atoms with E-state index in [0.29, 0.717) is 0 Å². The van der Waals surface area contributed by atoms with E-state index in [2.05, 4.69) is 6.92 Å². The van der Waals surface area contributed by atoms with Gasteiger partial charge >= 0.3 is 53.1 Å². The van der Waals surface area contributed by atoms with Crippen LogP contribution in [0.2, 0.25) is 4.44 Å². The van der Waals surface area contributed by atoms with Gasteiger partial charge in [-0.25, -0.2) is 0 Å². The van der Waals surface area contributed by atoms with Gasteiger partial charge in [-0.05, 0) is 0 Å². The van der Waals surface area contributed by atoms with Gasteiger partial charge in [-0.15, -0.1) is 0 Å². The van der Waals surface area contributed by atoms with Crippen LogP contribution < -0.4 is 0 Å². The molecule has 0 aromatic heterocycles. The van der Waals surface area contributed by atoms with Gasteiger partial charge in [-0.1, -0.05) is 0 Å². The first kappa shape index (κ1) is 6.80. The molecule has 0 unspecified atom stereocenters. The fraction of sp³-hybridized carbons (Fsp3) is 1.00. The normalized spacial score (nSPS) is 9.00. The average molecular weight is 190 g/mol. The van der Waals surface area contributed by atoms with Crippen molar-refractivity contribution in [2.75, 3.05) is 0 Å². The topological polar surface area (TPSA) is 0 Å². The predicted molar refractivity (Wildman–Crippen MR) is 30.1 cm³/mol. The van der Waals surface area contributed by atoms with E-state index in [9.17, 15) is 0 Å². The van der Waals surface area contributed by atoms with Crippen molar-refractivity contribution in [2.24, 2.45) is 0 Å². The Balaban J connectivity index is 2.34. The number of rotatable bonds is 3. The molecule has 0 spiro atoms. The first-order chi connectivity index (χ1) is 2.91. The van der Waals surface area contributed by atoms with Crippen LogP contribution in [0.5, 0.6) is 0 Å². The zero-order valence-electron chi connectivity index (χ0n) is 4.33. The summed E-state index contributed by atoms with van der Waals surface area (Å²) in [5, 5.41) is 0. The van der Waals surface area contributed by atoms with E-state index in [1.165, 1.54) is 23.7 Å². The summed E-state index contributed by atoms with van der Waals surface area (Å²) in [5.41, 5.74) is 0. The van der Waals surface area contributed by atoms with Crippen LogP contribution >= 0.6 is 0 Å². The standard InChI is InChI=1S/C5H11.Sn/c1-3-5-4-2;/h1,3-5H2,2H3;. The molecule has 0 bridgehead atoms. The maximum absolute atomic E-state index is 2.24. The zero-order valence-corrected chi connectivity index (χ0v) is 7.18. The van der Waals surface area contributed by atoms with E-state index in [0.717, 1.165) is 0 Å². The van der Waals surface area contributed by atoms with Crippen LogP contribution in [0.25, 0.3) is 0 Å². The van der Waals surface area contributed by atoms with Gasteiger partial charge in [0.2, 0.25) is 0 Å². The van der Waals surface area contributed by atoms with Crippen LogP contribution in [0.15, 0.2) is 0 Å². The fourth-order valence-corrected chi connectivity index (χ4v) is 1.09. The minimum absolute atomic E-state index is 1.37. The van der Waals surface area contributed by atoms with E-state index in [1.54, 1.807) is 22.5 Å². The van der Waals surface area contributed by atoms with E-state index in [-0.39, 0.29) is 0 Å². The molecule has 6 heavy (non-hydrogen) atoms. The summed E-state index contributed by atoms with van der Waals surface area (Å²) in [6.07, 6.45) is 4.26. The molecular formula is C5H11Sn. The van der Waals surface area contributed by atoms with Crippen LogP contribution in [0.4, 0.5) is 0 Å². The second-order valence-electron chi connectivity index (χ2n) is 1.46. The number of hydrogen-bond donors (Lipinski definition) is 0. The van der Waals surface area contributed by atoms with E-state index < -0.39 is 0 Å². The van der Waals surface area contributed by atoms with Crippen LogP contribution in [-0.2, 0) is 0 Å². The predicted octanol–water partition coefficient (Wildman–Crippen LogP) is 1.76. The van der Waals surface area contributed by atoms with E-state index >= 15 is 0 Å². The Labute approximate surface area is 53.4 Å². The molecule has 3 radical (unpaired) electrons. The molecule has 0 aromatic carbocycles. The molecule has 35 valence electrons. The Bertz CT molecular complexity index is 15.9. The number of hydrogen-bond acceptors (Lipinski definition) is 0. The van der Waals surface area contributed by atoms with Gasteiger partial charge < -0.3 is 0 Å². The second kappa shape index (κ2) is 5.80. The molecular weight excluding hydrogens is 179 g/mol. The Hall–Kier alpha value is 0.799. The molecule has 0 saturated carbocycles. The SMILES string of the molecule is CCCC[CH2][Sn]. The average Bonchev–Trinajstić information content (AvgIpc) is 1.61. The summed E-state index contributed by atoms with van der Waals surface area (Å²) in [5.74, 6) is 0. The van der Waals surface area contributed by atoms with Gasteiger partial charge in [-0.3, -0.25) is 0 Å². The molecule has 0 aliphatic heterocycles. The third kappa shape index (κ3) is 4.80. The quantitative estimate of drug-likeness (QED) is 0.469. The molecule has 0 aliphatic rings. The zero-order chi connectivity index (χ0) is 4.83. The van der Waals surface area contributed by atoms with Crippen molar-refractivity contribution in [3.8, 4) is 0 Å². The van der Waals surface area contributed by atoms with Crippen LogP contribution in [0, 0.1) is 0 Å². The first-order valence-electron chi connectivity index (χ1n) is 2.56. The van der Waals surface area contributed by atoms with Crippen molar-refractivity contribution >= 4 is 22.5 Å². The molecule has 0 fully saturated rings. The van der Waals surface area contributed by atoms with Crippen LogP contribution in [0.1, 0.15) is 26.2 Å².